The number of nitrogens with one attached hydrogen (secondary N) is 2. The fraction of sp³-hybridized carbons (Fsp3) is 0.739. The van der Waals surface area contributed by atoms with E-state index in [0.717, 1.165) is 45.0 Å². The fourth-order valence-electron chi connectivity index (χ4n) is 4.81. The topological polar surface area (TPSA) is 60.0 Å². The van der Waals surface area contributed by atoms with Gasteiger partial charge >= 0.3 is 0 Å². The van der Waals surface area contributed by atoms with Crippen LogP contribution in [0.25, 0.3) is 0 Å². The van der Waals surface area contributed by atoms with Crippen molar-refractivity contribution in [2.45, 2.75) is 64.5 Å². The van der Waals surface area contributed by atoms with Crippen LogP contribution >= 0.6 is 35.3 Å². The SMILES string of the molecule is CCNC(=NCC1CCCN(C)C1c1cccs1)NCCC(=O)N1CCCCC1C.I. The van der Waals surface area contributed by atoms with E-state index in [1.165, 1.54) is 24.1 Å². The second kappa shape index (κ2) is 13.6. The Labute approximate surface area is 209 Å². The maximum atomic E-state index is 12.6. The Bertz CT molecular complexity index is 684. The van der Waals surface area contributed by atoms with E-state index in [9.17, 15) is 4.79 Å². The first-order valence-electron chi connectivity index (χ1n) is 11.7. The molecule has 2 aliphatic rings. The zero-order valence-electron chi connectivity index (χ0n) is 19.3. The quantitative estimate of drug-likeness (QED) is 0.299. The number of nitrogens with zero attached hydrogens (tertiary/aromatic N) is 3. The van der Waals surface area contributed by atoms with Crippen LogP contribution in [-0.2, 0) is 4.79 Å². The zero-order chi connectivity index (χ0) is 21.3. The lowest BCUT2D eigenvalue weighted by atomic mass is 9.88. The standard InChI is InChI=1S/C23H39N5OS.HI/c1-4-24-23(25-13-12-21(29)28-15-6-5-9-18(28)2)26-17-19-10-7-14-27(3)22(19)20-11-8-16-30-20;/h8,11,16,18-19,22H,4-7,9-10,12-15,17H2,1-3H3,(H2,24,25,26);1H. The highest BCUT2D eigenvalue weighted by Gasteiger charge is 2.31. The van der Waals surface area contributed by atoms with Crippen LogP contribution in [0.5, 0.6) is 0 Å². The number of carbonyl (C=O) groups is 1. The second-order valence-electron chi connectivity index (χ2n) is 8.67. The average Bonchev–Trinajstić information content (AvgIpc) is 3.26. The van der Waals surface area contributed by atoms with Crippen LogP contribution in [0.4, 0.5) is 0 Å². The van der Waals surface area contributed by atoms with E-state index in [2.05, 4.69) is 58.8 Å². The van der Waals surface area contributed by atoms with Crippen molar-refractivity contribution in [1.82, 2.24) is 20.4 Å². The summed E-state index contributed by atoms with van der Waals surface area (Å²) >= 11 is 1.85. The summed E-state index contributed by atoms with van der Waals surface area (Å²) in [5.74, 6) is 1.61. The predicted octanol–water partition coefficient (Wildman–Crippen LogP) is 4.10. The van der Waals surface area contributed by atoms with Gasteiger partial charge in [-0.25, -0.2) is 0 Å². The first kappa shape index (κ1) is 26.4. The van der Waals surface area contributed by atoms with E-state index < -0.39 is 0 Å². The monoisotopic (exact) mass is 561 g/mol. The molecule has 3 unspecified atom stereocenters. The molecule has 3 heterocycles. The van der Waals surface area contributed by atoms with Crippen molar-refractivity contribution < 1.29 is 4.79 Å². The summed E-state index contributed by atoms with van der Waals surface area (Å²) in [6.07, 6.45) is 6.47. The van der Waals surface area contributed by atoms with Gasteiger partial charge in [-0.3, -0.25) is 14.7 Å². The molecule has 1 aromatic heterocycles. The van der Waals surface area contributed by atoms with Crippen LogP contribution in [0.15, 0.2) is 22.5 Å². The van der Waals surface area contributed by atoms with Crippen molar-refractivity contribution >= 4 is 47.2 Å². The fourth-order valence-corrected chi connectivity index (χ4v) is 5.79. The van der Waals surface area contributed by atoms with Gasteiger partial charge in [0.25, 0.3) is 0 Å². The van der Waals surface area contributed by atoms with E-state index in [-0.39, 0.29) is 29.9 Å². The summed E-state index contributed by atoms with van der Waals surface area (Å²) < 4.78 is 0. The number of amides is 1. The highest BCUT2D eigenvalue weighted by atomic mass is 127. The number of piperidine rings is 2. The lowest BCUT2D eigenvalue weighted by Gasteiger charge is -2.38. The minimum Gasteiger partial charge on any atom is -0.357 e. The van der Waals surface area contributed by atoms with Gasteiger partial charge in [0.15, 0.2) is 5.96 Å². The Morgan fingerprint density at radius 2 is 2.06 bits per heavy atom. The third kappa shape index (κ3) is 7.60. The molecule has 0 bridgehead atoms. The molecule has 3 rings (SSSR count). The number of aliphatic imine (C=N–C) groups is 1. The Morgan fingerprint density at radius 1 is 1.23 bits per heavy atom. The van der Waals surface area contributed by atoms with Crippen molar-refractivity contribution in [2.75, 3.05) is 39.8 Å². The number of likely N-dealkylation sites (tertiary alicyclic amines) is 2. The molecular formula is C23H40IN5OS. The molecule has 2 fully saturated rings. The maximum Gasteiger partial charge on any atom is 0.224 e. The van der Waals surface area contributed by atoms with Crippen LogP contribution in [0.2, 0.25) is 0 Å². The zero-order valence-corrected chi connectivity index (χ0v) is 22.5. The molecule has 0 radical (unpaired) electrons. The average molecular weight is 562 g/mol. The molecule has 2 N–H and O–H groups in total. The Hall–Kier alpha value is -0.870. The largest absolute Gasteiger partial charge is 0.357 e. The molecule has 0 aliphatic carbocycles. The normalized spacial score (nSPS) is 25.1. The minimum atomic E-state index is 0. The van der Waals surface area contributed by atoms with Gasteiger partial charge in [-0.1, -0.05) is 6.07 Å². The van der Waals surface area contributed by atoms with E-state index >= 15 is 0 Å². The molecule has 0 saturated carbocycles. The van der Waals surface area contributed by atoms with Gasteiger partial charge in [0.1, 0.15) is 0 Å². The summed E-state index contributed by atoms with van der Waals surface area (Å²) in [6, 6.07) is 5.23. The van der Waals surface area contributed by atoms with Gasteiger partial charge in [-0.15, -0.1) is 35.3 Å². The van der Waals surface area contributed by atoms with Crippen molar-refractivity contribution in [3.63, 3.8) is 0 Å². The lowest BCUT2D eigenvalue weighted by molar-refractivity contribution is -0.134. The van der Waals surface area contributed by atoms with Gasteiger partial charge < -0.3 is 15.5 Å². The smallest absolute Gasteiger partial charge is 0.224 e. The highest BCUT2D eigenvalue weighted by molar-refractivity contribution is 14.0. The number of hydrogen-bond donors (Lipinski definition) is 2. The van der Waals surface area contributed by atoms with E-state index in [1.54, 1.807) is 0 Å². The van der Waals surface area contributed by atoms with E-state index in [0.29, 0.717) is 31.0 Å². The summed E-state index contributed by atoms with van der Waals surface area (Å²) in [5.41, 5.74) is 0. The van der Waals surface area contributed by atoms with Crippen LogP contribution < -0.4 is 10.6 Å². The maximum absolute atomic E-state index is 12.6. The molecule has 0 spiro atoms. The van der Waals surface area contributed by atoms with E-state index in [1.807, 2.05) is 11.3 Å². The first-order chi connectivity index (χ1) is 14.6. The molecule has 2 aliphatic heterocycles. The Balaban J connectivity index is 0.00000341. The lowest BCUT2D eigenvalue weighted by Crippen LogP contribution is -2.44. The van der Waals surface area contributed by atoms with Gasteiger partial charge in [0.05, 0.1) is 0 Å². The van der Waals surface area contributed by atoms with Crippen molar-refractivity contribution in [3.8, 4) is 0 Å². The third-order valence-electron chi connectivity index (χ3n) is 6.42. The molecule has 1 amide bonds. The third-order valence-corrected chi connectivity index (χ3v) is 7.37. The number of halogens is 1. The van der Waals surface area contributed by atoms with Gasteiger partial charge in [0, 0.05) is 49.6 Å². The number of rotatable bonds is 7. The van der Waals surface area contributed by atoms with Crippen LogP contribution in [0.3, 0.4) is 0 Å². The highest BCUT2D eigenvalue weighted by Crippen LogP contribution is 2.37. The van der Waals surface area contributed by atoms with Gasteiger partial charge in [0.2, 0.25) is 5.91 Å². The Morgan fingerprint density at radius 3 is 2.77 bits per heavy atom. The van der Waals surface area contributed by atoms with Gasteiger partial charge in [-0.2, -0.15) is 0 Å². The van der Waals surface area contributed by atoms with E-state index in [4.69, 9.17) is 4.99 Å². The summed E-state index contributed by atoms with van der Waals surface area (Å²) in [7, 11) is 2.23. The molecule has 176 valence electrons. The summed E-state index contributed by atoms with van der Waals surface area (Å²) in [4.78, 5) is 23.5. The van der Waals surface area contributed by atoms with Crippen molar-refractivity contribution in [3.05, 3.63) is 22.4 Å². The number of hydrogen-bond acceptors (Lipinski definition) is 4. The Kier molecular flexibility index (Phi) is 11.6. The minimum absolute atomic E-state index is 0. The van der Waals surface area contributed by atoms with Crippen LogP contribution in [-0.4, -0.2) is 67.5 Å². The molecular weight excluding hydrogens is 521 g/mol. The predicted molar refractivity (Wildman–Crippen MR) is 141 cm³/mol. The summed E-state index contributed by atoms with van der Waals surface area (Å²) in [5, 5.41) is 8.90. The second-order valence-corrected chi connectivity index (χ2v) is 9.65. The molecule has 0 aromatic carbocycles. The first-order valence-corrected chi connectivity index (χ1v) is 12.5. The molecule has 1 aromatic rings. The van der Waals surface area contributed by atoms with Crippen LogP contribution in [0, 0.1) is 5.92 Å². The van der Waals surface area contributed by atoms with Crippen molar-refractivity contribution in [1.29, 1.82) is 0 Å². The van der Waals surface area contributed by atoms with Crippen molar-refractivity contribution in [2.24, 2.45) is 10.9 Å². The number of carbonyl (C=O) groups excluding carboxylic acids is 1. The summed E-state index contributed by atoms with van der Waals surface area (Å²) in [6.45, 7) is 8.57. The number of guanidine groups is 1. The molecule has 6 nitrogen and oxygen atoms in total. The molecule has 8 heteroatoms. The molecule has 3 atom stereocenters. The molecule has 31 heavy (non-hydrogen) atoms. The van der Waals surface area contributed by atoms with Crippen LogP contribution in [0.1, 0.15) is 63.3 Å². The number of thiophene rings is 1. The molecule has 2 saturated heterocycles. The van der Waals surface area contributed by atoms with Gasteiger partial charge in [-0.05, 0) is 76.9 Å².